The number of hydroxylamine groups is 1. The van der Waals surface area contributed by atoms with Crippen LogP contribution in [0, 0.1) is 11.8 Å². The van der Waals surface area contributed by atoms with Crippen molar-refractivity contribution in [2.24, 2.45) is 5.73 Å². The number of rotatable bonds is 6. The van der Waals surface area contributed by atoms with Gasteiger partial charge in [-0.15, -0.1) is 13.2 Å². The van der Waals surface area contributed by atoms with Crippen molar-refractivity contribution in [3.05, 3.63) is 73.0 Å². The van der Waals surface area contributed by atoms with Gasteiger partial charge >= 0.3 is 0 Å². The van der Waals surface area contributed by atoms with Crippen molar-refractivity contribution in [3.63, 3.8) is 0 Å². The summed E-state index contributed by atoms with van der Waals surface area (Å²) in [5.74, 6) is 3.10. The van der Waals surface area contributed by atoms with Crippen molar-refractivity contribution in [3.8, 4) is 11.8 Å². The Kier molecular flexibility index (Phi) is 10.0. The molecule has 0 saturated carbocycles. The number of aliphatic hydroxyl groups is 1. The van der Waals surface area contributed by atoms with E-state index < -0.39 is 29.9 Å². The average Bonchev–Trinajstić information content (AvgIpc) is 2.70. The van der Waals surface area contributed by atoms with Crippen LogP contribution >= 0.6 is 0 Å². The number of hydrogen-bond donors (Lipinski definition) is 5. The van der Waals surface area contributed by atoms with Crippen LogP contribution in [0.4, 0.5) is 8.78 Å². The first-order chi connectivity index (χ1) is 13.5. The van der Waals surface area contributed by atoms with Gasteiger partial charge in [-0.25, -0.2) is 14.3 Å². The van der Waals surface area contributed by atoms with Gasteiger partial charge in [0.2, 0.25) is 0 Å². The third kappa shape index (κ3) is 7.21. The maximum Gasteiger partial charge on any atom is 0.269 e. The molecule has 2 amide bonds. The highest BCUT2D eigenvalue weighted by Gasteiger charge is 2.46. The number of amides is 2. The lowest BCUT2D eigenvalue weighted by molar-refractivity contribution is -0.149. The number of hydrogen-bond acceptors (Lipinski definition) is 5. The Labute approximate surface area is 167 Å². The van der Waals surface area contributed by atoms with Crippen LogP contribution in [0.25, 0.3) is 0 Å². The first-order valence-corrected chi connectivity index (χ1v) is 8.01. The second-order valence-corrected chi connectivity index (χ2v) is 5.74. The minimum atomic E-state index is -3.36. The summed E-state index contributed by atoms with van der Waals surface area (Å²) in [5, 5.41) is 20.4. The van der Waals surface area contributed by atoms with Crippen molar-refractivity contribution >= 4 is 11.8 Å². The monoisotopic (exact) mass is 407 g/mol. The van der Waals surface area contributed by atoms with Crippen molar-refractivity contribution in [2.75, 3.05) is 0 Å². The van der Waals surface area contributed by atoms with Crippen molar-refractivity contribution in [1.29, 1.82) is 0 Å². The van der Waals surface area contributed by atoms with Crippen molar-refractivity contribution < 1.29 is 28.7 Å². The largest absolute Gasteiger partial charge is 0.398 e. The Morgan fingerprint density at radius 3 is 2.14 bits per heavy atom. The molecule has 0 radical (unpaired) electrons. The fourth-order valence-electron chi connectivity index (χ4n) is 1.81. The molecule has 6 N–H and O–H groups in total. The van der Waals surface area contributed by atoms with Gasteiger partial charge in [0.05, 0.1) is 0 Å². The fraction of sp³-hybridized carbons (Fsp3) is 0.200. The number of nitrogens with one attached hydrogen (secondary N) is 2. The summed E-state index contributed by atoms with van der Waals surface area (Å²) in [6.07, 6.45) is -3.36. The second-order valence-electron chi connectivity index (χ2n) is 5.74. The van der Waals surface area contributed by atoms with E-state index in [2.05, 4.69) is 38.2 Å². The molecular formula is C20H23F2N3O4. The van der Waals surface area contributed by atoms with E-state index in [0.29, 0.717) is 18.1 Å². The molecule has 0 aliphatic carbocycles. The average molecular weight is 407 g/mol. The van der Waals surface area contributed by atoms with Gasteiger partial charge in [0.15, 0.2) is 5.60 Å². The topological polar surface area (TPSA) is 125 Å². The lowest BCUT2D eigenvalue weighted by Crippen LogP contribution is -2.61. The number of alkyl halides is 2. The highest BCUT2D eigenvalue weighted by Crippen LogP contribution is 2.20. The van der Waals surface area contributed by atoms with Gasteiger partial charge in [0.1, 0.15) is 6.04 Å². The van der Waals surface area contributed by atoms with Crippen molar-refractivity contribution in [2.45, 2.75) is 25.0 Å². The van der Waals surface area contributed by atoms with E-state index >= 15 is 0 Å². The summed E-state index contributed by atoms with van der Waals surface area (Å²) < 4.78 is 25.9. The number of carbonyl (C=O) groups excluding carboxylic acids is 2. The van der Waals surface area contributed by atoms with E-state index in [4.69, 9.17) is 10.9 Å². The summed E-state index contributed by atoms with van der Waals surface area (Å²) in [5.41, 5.74) is 4.75. The highest BCUT2D eigenvalue weighted by atomic mass is 19.3. The minimum Gasteiger partial charge on any atom is -0.398 e. The number of carbonyl (C=O) groups is 2. The molecule has 1 aromatic carbocycles. The van der Waals surface area contributed by atoms with Gasteiger partial charge in [-0.05, 0) is 31.2 Å². The van der Waals surface area contributed by atoms with Crippen LogP contribution in [-0.4, -0.2) is 40.2 Å². The molecule has 9 heteroatoms. The van der Waals surface area contributed by atoms with E-state index in [0.717, 1.165) is 5.48 Å². The quantitative estimate of drug-likeness (QED) is 0.161. The molecule has 0 bridgehead atoms. The molecule has 0 aliphatic rings. The Hall–Kier alpha value is -3.48. The van der Waals surface area contributed by atoms with E-state index in [9.17, 15) is 23.5 Å². The summed E-state index contributed by atoms with van der Waals surface area (Å²) in [7, 11) is 0. The van der Waals surface area contributed by atoms with Crippen LogP contribution in [0.2, 0.25) is 0 Å². The lowest BCUT2D eigenvalue weighted by atomic mass is 9.95. The summed E-state index contributed by atoms with van der Waals surface area (Å²) in [6.45, 7) is 13.7. The molecule has 0 saturated heterocycles. The highest BCUT2D eigenvalue weighted by molar-refractivity contribution is 5.97. The van der Waals surface area contributed by atoms with Crippen LogP contribution in [-0.2, 0) is 4.79 Å². The van der Waals surface area contributed by atoms with Gasteiger partial charge in [0, 0.05) is 22.4 Å². The van der Waals surface area contributed by atoms with E-state index in [1.165, 1.54) is 24.3 Å². The summed E-state index contributed by atoms with van der Waals surface area (Å²) in [4.78, 5) is 23.8. The molecule has 7 nitrogen and oxygen atoms in total. The Balaban J connectivity index is 0.00000379. The number of benzene rings is 1. The van der Waals surface area contributed by atoms with Crippen molar-refractivity contribution in [1.82, 2.24) is 10.8 Å². The minimum absolute atomic E-state index is 0.0171. The summed E-state index contributed by atoms with van der Waals surface area (Å²) >= 11 is 0. The van der Waals surface area contributed by atoms with E-state index in [-0.39, 0.29) is 11.3 Å². The van der Waals surface area contributed by atoms with Crippen LogP contribution in [0.15, 0.2) is 61.9 Å². The predicted octanol–water partition coefficient (Wildman–Crippen LogP) is 1.49. The Bertz CT molecular complexity index is 824. The maximum atomic E-state index is 13.0. The molecule has 156 valence electrons. The predicted molar refractivity (Wildman–Crippen MR) is 105 cm³/mol. The molecule has 0 unspecified atom stereocenters. The third-order valence-electron chi connectivity index (χ3n) is 3.57. The molecule has 0 heterocycles. The zero-order valence-electron chi connectivity index (χ0n) is 15.8. The van der Waals surface area contributed by atoms with Crippen LogP contribution in [0.1, 0.15) is 22.8 Å². The second kappa shape index (κ2) is 11.4. The Morgan fingerprint density at radius 1 is 1.21 bits per heavy atom. The molecule has 2 atom stereocenters. The fourth-order valence-corrected chi connectivity index (χ4v) is 1.81. The first kappa shape index (κ1) is 25.5. The van der Waals surface area contributed by atoms with E-state index in [1.54, 1.807) is 0 Å². The summed E-state index contributed by atoms with van der Waals surface area (Å²) in [6, 6.07) is 3.53. The molecule has 0 aliphatic heterocycles. The lowest BCUT2D eigenvalue weighted by Gasteiger charge is -2.30. The van der Waals surface area contributed by atoms with Crippen LogP contribution in [0.3, 0.4) is 0 Å². The number of halogens is 2. The SMILES string of the molecule is C=C.C=C(N)C(=C)C#Cc1ccc(C(=O)N[C@H](C(=O)NO)[C@](C)(O)C(F)F)cc1. The first-order valence-electron chi connectivity index (χ1n) is 8.01. The smallest absolute Gasteiger partial charge is 0.269 e. The standard InChI is InChI=1S/C18H19F2N3O4.C2H4/c1-10(11(2)21)4-5-12-6-8-13(9-7-12)15(24)22-14(16(25)23-27)18(3,26)17(19)20;1-2/h6-9,14,17,26-27H,1-2,21H2,3H3,(H,22,24)(H,23,25);1-2H2/t14-,18+;/m1./s1. The van der Waals surface area contributed by atoms with Crippen LogP contribution in [0.5, 0.6) is 0 Å². The number of allylic oxidation sites excluding steroid dienone is 1. The number of nitrogens with two attached hydrogens (primary N) is 1. The zero-order chi connectivity index (χ0) is 22.8. The zero-order valence-corrected chi connectivity index (χ0v) is 15.8. The maximum absolute atomic E-state index is 13.0. The molecule has 29 heavy (non-hydrogen) atoms. The van der Waals surface area contributed by atoms with Gasteiger partial charge in [-0.3, -0.25) is 14.8 Å². The van der Waals surface area contributed by atoms with Gasteiger partial charge in [-0.1, -0.05) is 25.0 Å². The Morgan fingerprint density at radius 2 is 1.72 bits per heavy atom. The molecular weight excluding hydrogens is 384 g/mol. The normalized spacial score (nSPS) is 12.8. The molecule has 0 fully saturated rings. The van der Waals surface area contributed by atoms with E-state index in [1.807, 2.05) is 5.32 Å². The van der Waals surface area contributed by atoms with Gasteiger partial charge in [-0.2, -0.15) is 0 Å². The van der Waals surface area contributed by atoms with Crippen LogP contribution < -0.4 is 16.5 Å². The molecule has 1 aromatic rings. The van der Waals surface area contributed by atoms with Gasteiger partial charge in [0.25, 0.3) is 18.2 Å². The van der Waals surface area contributed by atoms with Gasteiger partial charge < -0.3 is 16.2 Å². The molecule has 0 aromatic heterocycles. The molecule has 1 rings (SSSR count). The third-order valence-corrected chi connectivity index (χ3v) is 3.57. The molecule has 0 spiro atoms.